The number of benzene rings is 1. The Balaban J connectivity index is 2.43. The summed E-state index contributed by atoms with van der Waals surface area (Å²) in [4.78, 5) is 0.00622. The minimum Gasteiger partial charge on any atom is -0.392 e. The highest BCUT2D eigenvalue weighted by Crippen LogP contribution is 2.32. The van der Waals surface area contributed by atoms with Crippen molar-refractivity contribution >= 4 is 45.0 Å². The number of halogens is 2. The molecule has 0 amide bonds. The van der Waals surface area contributed by atoms with Crippen molar-refractivity contribution in [3.63, 3.8) is 0 Å². The topological polar surface area (TPSA) is 57.6 Å². The van der Waals surface area contributed by atoms with Crippen LogP contribution in [-0.2, 0) is 16.6 Å². The Morgan fingerprint density at radius 3 is 2.70 bits per heavy atom. The van der Waals surface area contributed by atoms with Crippen LogP contribution >= 0.6 is 35.0 Å². The first-order chi connectivity index (χ1) is 9.36. The number of rotatable bonds is 3. The summed E-state index contributed by atoms with van der Waals surface area (Å²) in [6.45, 7) is 2.59. The second kappa shape index (κ2) is 6.42. The van der Waals surface area contributed by atoms with E-state index in [1.54, 1.807) is 11.8 Å². The quantitative estimate of drug-likeness (QED) is 0.905. The van der Waals surface area contributed by atoms with Crippen LogP contribution in [0.3, 0.4) is 0 Å². The van der Waals surface area contributed by atoms with Crippen LogP contribution < -0.4 is 0 Å². The van der Waals surface area contributed by atoms with Gasteiger partial charge in [-0.25, -0.2) is 8.42 Å². The lowest BCUT2D eigenvalue weighted by atomic mass is 10.2. The molecule has 2 rings (SSSR count). The molecule has 0 aromatic heterocycles. The number of aliphatic hydroxyl groups is 1. The number of sulfonamides is 1. The molecule has 1 heterocycles. The van der Waals surface area contributed by atoms with E-state index in [0.717, 1.165) is 5.75 Å². The summed E-state index contributed by atoms with van der Waals surface area (Å²) in [6.07, 6.45) is 0. The third kappa shape index (κ3) is 3.26. The van der Waals surface area contributed by atoms with Gasteiger partial charge in [0.25, 0.3) is 0 Å². The second-order valence-electron chi connectivity index (χ2n) is 4.58. The lowest BCUT2D eigenvalue weighted by molar-refractivity contribution is 0.281. The Hall–Kier alpha value is 0.0200. The number of aliphatic hydroxyl groups excluding tert-OH is 1. The number of nitrogens with zero attached hydrogens (tertiary/aromatic N) is 1. The van der Waals surface area contributed by atoms with E-state index in [2.05, 4.69) is 0 Å². The van der Waals surface area contributed by atoms with Gasteiger partial charge < -0.3 is 5.11 Å². The molecule has 1 aliphatic rings. The third-order valence-electron chi connectivity index (χ3n) is 3.09. The Morgan fingerprint density at radius 2 is 2.10 bits per heavy atom. The van der Waals surface area contributed by atoms with Crippen molar-refractivity contribution < 1.29 is 13.5 Å². The van der Waals surface area contributed by atoms with E-state index in [9.17, 15) is 13.5 Å². The number of thioether (sulfide) groups is 1. The molecular formula is C12H15Cl2NO3S2. The van der Waals surface area contributed by atoms with Crippen LogP contribution in [0.15, 0.2) is 17.0 Å². The molecule has 0 bridgehead atoms. The van der Waals surface area contributed by atoms with E-state index in [1.807, 2.05) is 6.92 Å². The summed E-state index contributed by atoms with van der Waals surface area (Å²) in [6, 6.07) is 2.72. The van der Waals surface area contributed by atoms with E-state index < -0.39 is 10.0 Å². The van der Waals surface area contributed by atoms with Crippen LogP contribution in [0.5, 0.6) is 0 Å². The van der Waals surface area contributed by atoms with Crippen LogP contribution in [-0.4, -0.2) is 41.9 Å². The maximum atomic E-state index is 12.6. The summed E-state index contributed by atoms with van der Waals surface area (Å²) >= 11 is 13.7. The maximum Gasteiger partial charge on any atom is 0.244 e. The molecule has 1 N–H and O–H groups in total. The predicted molar refractivity (Wildman–Crippen MR) is 83.1 cm³/mol. The van der Waals surface area contributed by atoms with Gasteiger partial charge >= 0.3 is 0 Å². The molecule has 0 spiro atoms. The van der Waals surface area contributed by atoms with Gasteiger partial charge in [0, 0.05) is 29.1 Å². The fourth-order valence-corrected chi connectivity index (χ4v) is 5.62. The molecule has 112 valence electrons. The van der Waals surface area contributed by atoms with Crippen LogP contribution in [0, 0.1) is 0 Å². The van der Waals surface area contributed by atoms with Crippen molar-refractivity contribution in [2.45, 2.75) is 23.7 Å². The summed E-state index contributed by atoms with van der Waals surface area (Å²) < 4.78 is 26.7. The zero-order chi connectivity index (χ0) is 14.9. The maximum absolute atomic E-state index is 12.6. The normalized spacial score (nSPS) is 21.1. The number of hydrogen-bond donors (Lipinski definition) is 1. The minimum atomic E-state index is -3.66. The van der Waals surface area contributed by atoms with Gasteiger partial charge in [0.05, 0.1) is 11.6 Å². The Bertz CT molecular complexity index is 607. The van der Waals surface area contributed by atoms with Crippen molar-refractivity contribution in [2.24, 2.45) is 0 Å². The molecule has 4 nitrogen and oxygen atoms in total. The molecule has 8 heteroatoms. The fourth-order valence-electron chi connectivity index (χ4n) is 2.03. The van der Waals surface area contributed by atoms with Crippen LogP contribution in [0.4, 0.5) is 0 Å². The summed E-state index contributed by atoms with van der Waals surface area (Å²) in [5.41, 5.74) is 0.356. The Kier molecular flexibility index (Phi) is 5.26. The highest BCUT2D eigenvalue weighted by molar-refractivity contribution is 8.00. The van der Waals surface area contributed by atoms with Crippen molar-refractivity contribution in [3.05, 3.63) is 27.7 Å². The molecule has 20 heavy (non-hydrogen) atoms. The van der Waals surface area contributed by atoms with Gasteiger partial charge in [-0.15, -0.1) is 0 Å². The van der Waals surface area contributed by atoms with Gasteiger partial charge in [-0.1, -0.05) is 30.1 Å². The molecule has 1 atom stereocenters. The second-order valence-corrected chi connectivity index (χ2v) is 8.84. The summed E-state index contributed by atoms with van der Waals surface area (Å²) in [7, 11) is -3.66. The molecule has 1 aromatic rings. The first-order valence-corrected chi connectivity index (χ1v) is 9.31. The third-order valence-corrected chi connectivity index (χ3v) is 6.91. The molecular weight excluding hydrogens is 341 g/mol. The van der Waals surface area contributed by atoms with Crippen LogP contribution in [0.1, 0.15) is 12.5 Å². The largest absolute Gasteiger partial charge is 0.392 e. The highest BCUT2D eigenvalue weighted by atomic mass is 35.5. The zero-order valence-corrected chi connectivity index (χ0v) is 14.0. The van der Waals surface area contributed by atoms with Crippen molar-refractivity contribution in [1.29, 1.82) is 0 Å². The molecule has 0 radical (unpaired) electrons. The van der Waals surface area contributed by atoms with Crippen molar-refractivity contribution in [2.75, 3.05) is 18.8 Å². The predicted octanol–water partition coefficient (Wildman–Crippen LogP) is 2.61. The fraction of sp³-hybridized carbons (Fsp3) is 0.500. The Morgan fingerprint density at radius 1 is 1.40 bits per heavy atom. The van der Waals surface area contributed by atoms with E-state index >= 15 is 0 Å². The number of hydrogen-bond acceptors (Lipinski definition) is 4. The Labute approximate surface area is 133 Å². The molecule has 0 saturated carbocycles. The zero-order valence-electron chi connectivity index (χ0n) is 10.8. The SMILES string of the molecule is CC1CN(S(=O)(=O)c2cc(CO)c(Cl)cc2Cl)CCS1. The molecule has 1 aromatic carbocycles. The minimum absolute atomic E-state index is 0.00622. The lowest BCUT2D eigenvalue weighted by Crippen LogP contribution is -2.41. The molecule has 0 aliphatic carbocycles. The first kappa shape index (κ1) is 16.4. The van der Waals surface area contributed by atoms with Crippen LogP contribution in [0.2, 0.25) is 10.0 Å². The average molecular weight is 356 g/mol. The van der Waals surface area contributed by atoms with Gasteiger partial charge in [0.1, 0.15) is 4.90 Å². The first-order valence-electron chi connectivity index (χ1n) is 6.06. The van der Waals surface area contributed by atoms with E-state index in [1.165, 1.54) is 16.4 Å². The molecule has 1 aliphatic heterocycles. The van der Waals surface area contributed by atoms with Gasteiger partial charge in [-0.2, -0.15) is 16.1 Å². The summed E-state index contributed by atoms with van der Waals surface area (Å²) in [5.74, 6) is 0.762. The van der Waals surface area contributed by atoms with Crippen LogP contribution in [0.25, 0.3) is 0 Å². The van der Waals surface area contributed by atoms with E-state index in [0.29, 0.717) is 18.7 Å². The van der Waals surface area contributed by atoms with Crippen molar-refractivity contribution in [1.82, 2.24) is 4.31 Å². The standard InChI is InChI=1S/C12H15Cl2NO3S2/c1-8-6-15(2-3-19-8)20(17,18)12-4-9(7-16)10(13)5-11(12)14/h4-5,8,16H,2-3,6-7H2,1H3. The summed E-state index contributed by atoms with van der Waals surface area (Å²) in [5, 5.41) is 9.81. The van der Waals surface area contributed by atoms with Gasteiger partial charge in [0.2, 0.25) is 10.0 Å². The monoisotopic (exact) mass is 355 g/mol. The lowest BCUT2D eigenvalue weighted by Gasteiger charge is -2.30. The molecule has 1 fully saturated rings. The average Bonchev–Trinajstić information content (AvgIpc) is 2.38. The van der Waals surface area contributed by atoms with E-state index in [-0.39, 0.29) is 26.8 Å². The highest BCUT2D eigenvalue weighted by Gasteiger charge is 2.31. The van der Waals surface area contributed by atoms with Gasteiger partial charge in [0.15, 0.2) is 0 Å². The van der Waals surface area contributed by atoms with Gasteiger partial charge in [-0.3, -0.25) is 0 Å². The van der Waals surface area contributed by atoms with E-state index in [4.69, 9.17) is 23.2 Å². The van der Waals surface area contributed by atoms with Crippen molar-refractivity contribution in [3.8, 4) is 0 Å². The van der Waals surface area contributed by atoms with Gasteiger partial charge in [-0.05, 0) is 17.7 Å². The molecule has 1 saturated heterocycles. The molecule has 1 unspecified atom stereocenters. The smallest absolute Gasteiger partial charge is 0.244 e.